The Labute approximate surface area is 134 Å². The van der Waals surface area contributed by atoms with Gasteiger partial charge in [0.1, 0.15) is 0 Å². The summed E-state index contributed by atoms with van der Waals surface area (Å²) in [5, 5.41) is 19.6. The van der Waals surface area contributed by atoms with Crippen molar-refractivity contribution in [2.45, 2.75) is 12.8 Å². The highest BCUT2D eigenvalue weighted by atomic mass is 127. The maximum absolute atomic E-state index is 12.4. The summed E-state index contributed by atoms with van der Waals surface area (Å²) in [6, 6.07) is 4.17. The predicted octanol–water partition coefficient (Wildman–Crippen LogP) is 2.14. The van der Waals surface area contributed by atoms with Crippen molar-refractivity contribution in [3.05, 3.63) is 37.4 Å². The van der Waals surface area contributed by atoms with Gasteiger partial charge in [0.15, 0.2) is 0 Å². The van der Waals surface area contributed by atoms with Crippen LogP contribution >= 0.6 is 22.6 Å². The summed E-state index contributed by atoms with van der Waals surface area (Å²) < 4.78 is 0.643. The summed E-state index contributed by atoms with van der Waals surface area (Å²) in [5.41, 5.74) is 0.167. The van der Waals surface area contributed by atoms with Crippen LogP contribution in [0.25, 0.3) is 0 Å². The third-order valence-corrected chi connectivity index (χ3v) is 4.37. The molecule has 1 aliphatic rings. The van der Waals surface area contributed by atoms with Crippen LogP contribution in [0.15, 0.2) is 18.2 Å². The molecule has 1 unspecified atom stereocenters. The number of carbonyl (C=O) groups is 2. The molecule has 112 valence electrons. The lowest BCUT2D eigenvalue weighted by atomic mass is 10.1. The van der Waals surface area contributed by atoms with E-state index in [1.54, 1.807) is 4.90 Å². The molecule has 0 aromatic heterocycles. The summed E-state index contributed by atoms with van der Waals surface area (Å²) in [5.74, 6) is -1.21. The van der Waals surface area contributed by atoms with E-state index in [1.807, 2.05) is 22.6 Å². The minimum absolute atomic E-state index is 0.0375. The van der Waals surface area contributed by atoms with E-state index in [0.29, 0.717) is 28.6 Å². The fourth-order valence-corrected chi connectivity index (χ4v) is 2.96. The standard InChI is InChI=1S/C13H13IN2O5/c14-11-2-1-9(16(20)21)6-10(11)13(19)15-4-3-8(7-15)5-12(17)18/h1-2,6,8H,3-5,7H2,(H,17,18). The monoisotopic (exact) mass is 404 g/mol. The summed E-state index contributed by atoms with van der Waals surface area (Å²) in [6.07, 6.45) is 0.680. The van der Waals surface area contributed by atoms with Gasteiger partial charge in [-0.15, -0.1) is 0 Å². The molecular weight excluding hydrogens is 391 g/mol. The van der Waals surface area contributed by atoms with Crippen molar-refractivity contribution in [3.63, 3.8) is 0 Å². The number of halogens is 1. The molecule has 1 aromatic rings. The van der Waals surface area contributed by atoms with Crippen molar-refractivity contribution >= 4 is 40.2 Å². The highest BCUT2D eigenvalue weighted by Gasteiger charge is 2.29. The molecule has 1 saturated heterocycles. The Morgan fingerprint density at radius 1 is 1.48 bits per heavy atom. The van der Waals surface area contributed by atoms with Gasteiger partial charge in [-0.25, -0.2) is 0 Å². The largest absolute Gasteiger partial charge is 0.481 e. The van der Waals surface area contributed by atoms with E-state index >= 15 is 0 Å². The maximum Gasteiger partial charge on any atom is 0.303 e. The summed E-state index contributed by atoms with van der Waals surface area (Å²) in [6.45, 7) is 0.861. The van der Waals surface area contributed by atoms with Gasteiger partial charge in [0.05, 0.1) is 10.5 Å². The van der Waals surface area contributed by atoms with Gasteiger partial charge in [0, 0.05) is 35.2 Å². The fourth-order valence-electron chi connectivity index (χ4n) is 2.39. The first kappa shape index (κ1) is 15.7. The lowest BCUT2D eigenvalue weighted by Gasteiger charge is -2.17. The van der Waals surface area contributed by atoms with E-state index < -0.39 is 10.9 Å². The molecule has 1 aromatic carbocycles. The van der Waals surface area contributed by atoms with E-state index in [4.69, 9.17) is 5.11 Å². The molecule has 1 N–H and O–H groups in total. The number of nitrogens with zero attached hydrogens (tertiary/aromatic N) is 2. The van der Waals surface area contributed by atoms with Gasteiger partial charge in [-0.05, 0) is 41.0 Å². The third kappa shape index (κ3) is 3.69. The smallest absolute Gasteiger partial charge is 0.303 e. The molecule has 1 fully saturated rings. The highest BCUT2D eigenvalue weighted by molar-refractivity contribution is 14.1. The molecule has 0 aliphatic carbocycles. The average molecular weight is 404 g/mol. The zero-order chi connectivity index (χ0) is 15.6. The van der Waals surface area contributed by atoms with E-state index in [1.165, 1.54) is 18.2 Å². The number of carboxylic acids is 1. The van der Waals surface area contributed by atoms with Gasteiger partial charge < -0.3 is 10.0 Å². The average Bonchev–Trinajstić information content (AvgIpc) is 2.85. The summed E-state index contributed by atoms with van der Waals surface area (Å²) >= 11 is 1.96. The Kier molecular flexibility index (Phi) is 4.76. The minimum Gasteiger partial charge on any atom is -0.481 e. The van der Waals surface area contributed by atoms with Crippen LogP contribution in [0.2, 0.25) is 0 Å². The van der Waals surface area contributed by atoms with Crippen molar-refractivity contribution in [1.82, 2.24) is 4.90 Å². The number of benzene rings is 1. The SMILES string of the molecule is O=C(O)CC1CCN(C(=O)c2cc([N+](=O)[O-])ccc2I)C1. The van der Waals surface area contributed by atoms with Crippen LogP contribution in [0.4, 0.5) is 5.69 Å². The number of carbonyl (C=O) groups excluding carboxylic acids is 1. The second-order valence-electron chi connectivity index (χ2n) is 4.92. The van der Waals surface area contributed by atoms with Crippen LogP contribution in [-0.4, -0.2) is 39.9 Å². The molecule has 7 nitrogen and oxygen atoms in total. The predicted molar refractivity (Wildman–Crippen MR) is 82.1 cm³/mol. The second-order valence-corrected chi connectivity index (χ2v) is 6.09. The zero-order valence-corrected chi connectivity index (χ0v) is 13.1. The molecule has 1 atom stereocenters. The first-order chi connectivity index (χ1) is 9.88. The number of amides is 1. The third-order valence-electron chi connectivity index (χ3n) is 3.43. The zero-order valence-electron chi connectivity index (χ0n) is 11.0. The lowest BCUT2D eigenvalue weighted by Crippen LogP contribution is -2.29. The first-order valence-electron chi connectivity index (χ1n) is 6.33. The Bertz CT molecular complexity index is 604. The molecule has 1 heterocycles. The van der Waals surface area contributed by atoms with Crippen LogP contribution in [0.1, 0.15) is 23.2 Å². The molecule has 8 heteroatoms. The number of non-ortho nitro benzene ring substituents is 1. The number of hydrogen-bond donors (Lipinski definition) is 1. The molecule has 1 aliphatic heterocycles. The highest BCUT2D eigenvalue weighted by Crippen LogP contribution is 2.25. The van der Waals surface area contributed by atoms with Crippen molar-refractivity contribution in [2.24, 2.45) is 5.92 Å². The Hall–Kier alpha value is -1.71. The van der Waals surface area contributed by atoms with Crippen LogP contribution in [0.5, 0.6) is 0 Å². The van der Waals surface area contributed by atoms with Crippen molar-refractivity contribution < 1.29 is 19.6 Å². The number of aliphatic carboxylic acids is 1. The van der Waals surface area contributed by atoms with Crippen molar-refractivity contribution in [2.75, 3.05) is 13.1 Å². The molecule has 1 amide bonds. The summed E-state index contributed by atoms with van der Waals surface area (Å²) in [7, 11) is 0. The van der Waals surface area contributed by atoms with Gasteiger partial charge in [0.2, 0.25) is 0 Å². The summed E-state index contributed by atoms with van der Waals surface area (Å²) in [4.78, 5) is 34.9. The minimum atomic E-state index is -0.876. The van der Waals surface area contributed by atoms with Gasteiger partial charge in [-0.1, -0.05) is 0 Å². The molecule has 0 saturated carbocycles. The van der Waals surface area contributed by atoms with Crippen LogP contribution in [0, 0.1) is 19.6 Å². The van der Waals surface area contributed by atoms with Crippen LogP contribution in [-0.2, 0) is 4.79 Å². The van der Waals surface area contributed by atoms with Gasteiger partial charge >= 0.3 is 5.97 Å². The number of rotatable bonds is 4. The Morgan fingerprint density at radius 2 is 2.19 bits per heavy atom. The van der Waals surface area contributed by atoms with E-state index in [-0.39, 0.29) is 23.9 Å². The normalized spacial score (nSPS) is 17.8. The van der Waals surface area contributed by atoms with E-state index in [0.717, 1.165) is 0 Å². The topological polar surface area (TPSA) is 101 Å². The molecule has 0 bridgehead atoms. The number of likely N-dealkylation sites (tertiary alicyclic amines) is 1. The molecule has 2 rings (SSSR count). The van der Waals surface area contributed by atoms with Crippen LogP contribution < -0.4 is 0 Å². The molecule has 21 heavy (non-hydrogen) atoms. The number of nitro benzene ring substituents is 1. The van der Waals surface area contributed by atoms with Crippen molar-refractivity contribution in [3.8, 4) is 0 Å². The van der Waals surface area contributed by atoms with Crippen molar-refractivity contribution in [1.29, 1.82) is 0 Å². The quantitative estimate of drug-likeness (QED) is 0.471. The first-order valence-corrected chi connectivity index (χ1v) is 7.41. The molecule has 0 radical (unpaired) electrons. The van der Waals surface area contributed by atoms with Crippen LogP contribution in [0.3, 0.4) is 0 Å². The Balaban J connectivity index is 2.15. The Morgan fingerprint density at radius 3 is 2.81 bits per heavy atom. The molecule has 0 spiro atoms. The second kappa shape index (κ2) is 6.37. The lowest BCUT2D eigenvalue weighted by molar-refractivity contribution is -0.384. The number of nitro groups is 1. The van der Waals surface area contributed by atoms with Gasteiger partial charge in [-0.3, -0.25) is 19.7 Å². The fraction of sp³-hybridized carbons (Fsp3) is 0.385. The molecular formula is C13H13IN2O5. The number of hydrogen-bond acceptors (Lipinski definition) is 4. The van der Waals surface area contributed by atoms with E-state index in [2.05, 4.69) is 0 Å². The van der Waals surface area contributed by atoms with Gasteiger partial charge in [0.25, 0.3) is 11.6 Å². The maximum atomic E-state index is 12.4. The van der Waals surface area contributed by atoms with E-state index in [9.17, 15) is 19.7 Å². The van der Waals surface area contributed by atoms with Gasteiger partial charge in [-0.2, -0.15) is 0 Å². The number of carboxylic acid groups (broad SMARTS) is 1.